The van der Waals surface area contributed by atoms with E-state index in [9.17, 15) is 13.2 Å². The summed E-state index contributed by atoms with van der Waals surface area (Å²) in [5.41, 5.74) is -0.726. The van der Waals surface area contributed by atoms with Crippen LogP contribution in [0.25, 0.3) is 0 Å². The lowest BCUT2D eigenvalue weighted by molar-refractivity contribution is -0.144. The second-order valence-electron chi connectivity index (χ2n) is 3.98. The van der Waals surface area contributed by atoms with Crippen molar-refractivity contribution in [2.45, 2.75) is 17.4 Å². The van der Waals surface area contributed by atoms with Crippen LogP contribution >= 0.6 is 0 Å². The largest absolute Gasteiger partial charge is 0.480 e. The molecule has 0 bridgehead atoms. The van der Waals surface area contributed by atoms with Crippen molar-refractivity contribution in [1.29, 1.82) is 0 Å². The predicted octanol–water partition coefficient (Wildman–Crippen LogP) is 0.609. The molecule has 0 fully saturated rings. The van der Waals surface area contributed by atoms with Crippen LogP contribution in [0, 0.1) is 0 Å². The first-order chi connectivity index (χ1) is 7.71. The number of likely N-dealkylation sites (N-methyl/N-ethyl adjacent to an activating group) is 1. The highest BCUT2D eigenvalue weighted by molar-refractivity contribution is 7.90. The monoisotopic (exact) mass is 257 g/mol. The molecule has 0 heterocycles. The summed E-state index contributed by atoms with van der Waals surface area (Å²) in [6.07, 6.45) is 1.11. The van der Waals surface area contributed by atoms with Gasteiger partial charge in [0, 0.05) is 6.26 Å². The summed E-state index contributed by atoms with van der Waals surface area (Å²) in [7, 11) is -1.72. The van der Waals surface area contributed by atoms with Crippen LogP contribution in [0.5, 0.6) is 0 Å². The van der Waals surface area contributed by atoms with Gasteiger partial charge in [-0.25, -0.2) is 13.2 Å². The zero-order chi connectivity index (χ0) is 13.3. The Balaban J connectivity index is 3.23. The van der Waals surface area contributed by atoms with E-state index in [1.807, 2.05) is 0 Å². The molecule has 1 aromatic rings. The van der Waals surface area contributed by atoms with E-state index in [0.717, 1.165) is 6.26 Å². The number of carbonyl (C=O) groups is 1. The normalized spacial score (nSPS) is 15.2. The maximum Gasteiger partial charge on any atom is 0.328 e. The number of carboxylic acids is 1. The minimum Gasteiger partial charge on any atom is -0.480 e. The van der Waals surface area contributed by atoms with E-state index in [1.165, 1.54) is 31.2 Å². The van der Waals surface area contributed by atoms with E-state index in [2.05, 4.69) is 5.32 Å². The van der Waals surface area contributed by atoms with Crippen molar-refractivity contribution < 1.29 is 18.3 Å². The summed E-state index contributed by atoms with van der Waals surface area (Å²) in [5, 5.41) is 11.8. The van der Waals surface area contributed by atoms with Crippen LogP contribution in [0.4, 0.5) is 0 Å². The molecular formula is C11H15NO4S. The maximum absolute atomic E-state index is 11.3. The van der Waals surface area contributed by atoms with Crippen molar-refractivity contribution in [2.24, 2.45) is 0 Å². The summed E-state index contributed by atoms with van der Waals surface area (Å²) in [6, 6.07) is 5.81. The SMILES string of the molecule is CNC(C)(C(=O)O)c1ccc(S(C)(=O)=O)cc1. The third kappa shape index (κ3) is 2.65. The van der Waals surface area contributed by atoms with E-state index >= 15 is 0 Å². The summed E-state index contributed by atoms with van der Waals surface area (Å²) >= 11 is 0. The number of carboxylic acid groups (broad SMARTS) is 1. The summed E-state index contributed by atoms with van der Waals surface area (Å²) in [4.78, 5) is 11.3. The van der Waals surface area contributed by atoms with Crippen molar-refractivity contribution in [3.8, 4) is 0 Å². The van der Waals surface area contributed by atoms with Gasteiger partial charge in [0.1, 0.15) is 5.54 Å². The van der Waals surface area contributed by atoms with Gasteiger partial charge < -0.3 is 10.4 Å². The molecule has 0 radical (unpaired) electrons. The van der Waals surface area contributed by atoms with Gasteiger partial charge in [-0.05, 0) is 31.7 Å². The fourth-order valence-corrected chi connectivity index (χ4v) is 2.04. The van der Waals surface area contributed by atoms with Crippen molar-refractivity contribution in [2.75, 3.05) is 13.3 Å². The first kappa shape index (κ1) is 13.7. The van der Waals surface area contributed by atoms with E-state index < -0.39 is 21.3 Å². The molecule has 17 heavy (non-hydrogen) atoms. The third-order valence-electron chi connectivity index (χ3n) is 2.79. The molecule has 0 amide bonds. The van der Waals surface area contributed by atoms with Gasteiger partial charge in [0.15, 0.2) is 9.84 Å². The van der Waals surface area contributed by atoms with Gasteiger partial charge in [-0.15, -0.1) is 0 Å². The molecule has 0 aliphatic carbocycles. The average molecular weight is 257 g/mol. The van der Waals surface area contributed by atoms with Gasteiger partial charge >= 0.3 is 5.97 Å². The highest BCUT2D eigenvalue weighted by Gasteiger charge is 2.33. The Hall–Kier alpha value is -1.40. The molecule has 0 aromatic heterocycles. The number of rotatable bonds is 4. The molecule has 0 spiro atoms. The van der Waals surface area contributed by atoms with Crippen molar-refractivity contribution in [3.05, 3.63) is 29.8 Å². The minimum absolute atomic E-state index is 0.171. The lowest BCUT2D eigenvalue weighted by Gasteiger charge is -2.24. The Morgan fingerprint density at radius 2 is 1.76 bits per heavy atom. The lowest BCUT2D eigenvalue weighted by atomic mass is 9.92. The number of benzene rings is 1. The van der Waals surface area contributed by atoms with Gasteiger partial charge in [0.25, 0.3) is 0 Å². The quantitative estimate of drug-likeness (QED) is 0.825. The van der Waals surface area contributed by atoms with Gasteiger partial charge in [-0.3, -0.25) is 0 Å². The molecule has 1 aromatic carbocycles. The minimum atomic E-state index is -3.26. The average Bonchev–Trinajstić information content (AvgIpc) is 2.26. The van der Waals surface area contributed by atoms with Gasteiger partial charge in [-0.2, -0.15) is 0 Å². The Morgan fingerprint density at radius 3 is 2.06 bits per heavy atom. The molecule has 94 valence electrons. The van der Waals surface area contributed by atoms with E-state index in [0.29, 0.717) is 5.56 Å². The van der Waals surface area contributed by atoms with Crippen LogP contribution in [-0.4, -0.2) is 32.8 Å². The molecule has 0 aliphatic rings. The maximum atomic E-state index is 11.3. The van der Waals surface area contributed by atoms with Crippen molar-refractivity contribution >= 4 is 15.8 Å². The Bertz CT molecular complexity index is 521. The first-order valence-corrected chi connectivity index (χ1v) is 6.84. The van der Waals surface area contributed by atoms with Crippen molar-refractivity contribution in [3.63, 3.8) is 0 Å². The molecule has 0 saturated carbocycles. The second-order valence-corrected chi connectivity index (χ2v) is 5.99. The van der Waals surface area contributed by atoms with Crippen LogP contribution < -0.4 is 5.32 Å². The molecule has 6 heteroatoms. The second kappa shape index (κ2) is 4.46. The van der Waals surface area contributed by atoms with Crippen LogP contribution in [0.3, 0.4) is 0 Å². The summed E-state index contributed by atoms with van der Waals surface area (Å²) in [6.45, 7) is 1.52. The lowest BCUT2D eigenvalue weighted by Crippen LogP contribution is -2.44. The van der Waals surface area contributed by atoms with Crippen molar-refractivity contribution in [1.82, 2.24) is 5.32 Å². The van der Waals surface area contributed by atoms with Gasteiger partial charge in [0.05, 0.1) is 4.90 Å². The molecule has 1 atom stereocenters. The molecule has 0 saturated heterocycles. The summed E-state index contributed by atoms with van der Waals surface area (Å²) < 4.78 is 22.5. The Labute approximate surface area is 100 Å². The van der Waals surface area contributed by atoms with E-state index in [-0.39, 0.29) is 4.90 Å². The highest BCUT2D eigenvalue weighted by atomic mass is 32.2. The molecule has 1 unspecified atom stereocenters. The number of nitrogens with one attached hydrogen (secondary N) is 1. The smallest absolute Gasteiger partial charge is 0.328 e. The molecular weight excluding hydrogens is 242 g/mol. The van der Waals surface area contributed by atoms with E-state index in [1.54, 1.807) is 7.05 Å². The third-order valence-corrected chi connectivity index (χ3v) is 3.92. The van der Waals surface area contributed by atoms with Crippen LogP contribution in [0.2, 0.25) is 0 Å². The zero-order valence-electron chi connectivity index (χ0n) is 9.89. The standard InChI is InChI=1S/C11H15NO4S/c1-11(12-2,10(13)14)8-4-6-9(7-5-8)17(3,15)16/h4-7,12H,1-3H3,(H,13,14). The Morgan fingerprint density at radius 1 is 1.29 bits per heavy atom. The fraction of sp³-hybridized carbons (Fsp3) is 0.364. The number of sulfone groups is 1. The van der Waals surface area contributed by atoms with Crippen LogP contribution in [0.15, 0.2) is 29.2 Å². The zero-order valence-corrected chi connectivity index (χ0v) is 10.7. The number of aliphatic carboxylic acids is 1. The first-order valence-electron chi connectivity index (χ1n) is 4.94. The van der Waals surface area contributed by atoms with Gasteiger partial charge in [-0.1, -0.05) is 12.1 Å². The number of hydrogen-bond acceptors (Lipinski definition) is 4. The molecule has 1 rings (SSSR count). The van der Waals surface area contributed by atoms with E-state index in [4.69, 9.17) is 5.11 Å². The molecule has 5 nitrogen and oxygen atoms in total. The Kier molecular flexibility index (Phi) is 3.59. The van der Waals surface area contributed by atoms with Crippen LogP contribution in [0.1, 0.15) is 12.5 Å². The topological polar surface area (TPSA) is 83.5 Å². The van der Waals surface area contributed by atoms with Crippen LogP contribution in [-0.2, 0) is 20.2 Å². The van der Waals surface area contributed by atoms with Gasteiger partial charge in [0.2, 0.25) is 0 Å². The molecule has 0 aliphatic heterocycles. The highest BCUT2D eigenvalue weighted by Crippen LogP contribution is 2.22. The fourth-order valence-electron chi connectivity index (χ4n) is 1.41. The molecule has 2 N–H and O–H groups in total. The number of hydrogen-bond donors (Lipinski definition) is 2. The summed E-state index contributed by atoms with van der Waals surface area (Å²) in [5.74, 6) is -1.02. The predicted molar refractivity (Wildman–Crippen MR) is 63.6 cm³/mol.